The Hall–Kier alpha value is -2.26. The number of nitriles is 1. The van der Waals surface area contributed by atoms with Crippen molar-refractivity contribution < 1.29 is 13.2 Å². The van der Waals surface area contributed by atoms with Crippen LogP contribution in [0.3, 0.4) is 0 Å². The number of aliphatic imine (C=N–C) groups is 1. The highest BCUT2D eigenvalue weighted by Gasteiger charge is 2.13. The lowest BCUT2D eigenvalue weighted by atomic mass is 10.2. The van der Waals surface area contributed by atoms with Crippen LogP contribution in [0.2, 0.25) is 0 Å². The average molecular weight is 438 g/mol. The van der Waals surface area contributed by atoms with Crippen LogP contribution in [-0.4, -0.2) is 76.0 Å². The van der Waals surface area contributed by atoms with Crippen molar-refractivity contribution >= 4 is 21.7 Å². The van der Waals surface area contributed by atoms with Gasteiger partial charge in [0.25, 0.3) is 0 Å². The predicted octanol–water partition coefficient (Wildman–Crippen LogP) is 0.732. The van der Waals surface area contributed by atoms with Crippen LogP contribution in [0, 0.1) is 11.5 Å². The first-order valence-corrected chi connectivity index (χ1v) is 11.9. The van der Waals surface area contributed by atoms with Crippen molar-refractivity contribution in [1.29, 1.82) is 5.26 Å². The van der Waals surface area contributed by atoms with Gasteiger partial charge >= 0.3 is 0 Å². The molecule has 166 valence electrons. The van der Waals surface area contributed by atoms with Crippen LogP contribution in [0.1, 0.15) is 25.7 Å². The fraction of sp³-hybridized carbons (Fsp3) is 0.632. The van der Waals surface area contributed by atoms with Crippen molar-refractivity contribution in [3.05, 3.63) is 24.5 Å². The maximum absolute atomic E-state index is 12.1. The van der Waals surface area contributed by atoms with Crippen LogP contribution in [0.15, 0.2) is 29.5 Å². The molecule has 0 unspecified atom stereocenters. The van der Waals surface area contributed by atoms with E-state index >= 15 is 0 Å². The normalized spacial score (nSPS) is 15.5. The molecule has 0 bridgehead atoms. The van der Waals surface area contributed by atoms with Gasteiger partial charge in [-0.3, -0.25) is 20.2 Å². The number of guanidine groups is 1. The molecule has 0 atom stereocenters. The maximum Gasteiger partial charge on any atom is 0.211 e. The second-order valence-corrected chi connectivity index (χ2v) is 8.84. The molecule has 1 saturated heterocycles. The number of unbranched alkanes of at least 4 members (excludes halogenated alkanes) is 3. The summed E-state index contributed by atoms with van der Waals surface area (Å²) < 4.78 is 32.1. The van der Waals surface area contributed by atoms with Gasteiger partial charge in [-0.05, 0) is 25.0 Å². The minimum Gasteiger partial charge on any atom is -0.379 e. The minimum absolute atomic E-state index is 0.143. The Labute approximate surface area is 178 Å². The lowest BCUT2D eigenvalue weighted by Gasteiger charge is -2.26. The SMILES string of the molecule is N#CNC(=NCCCCCCS(=O)(=O)NCCN1CCOCC1)Nc1ccncc1. The predicted molar refractivity (Wildman–Crippen MR) is 116 cm³/mol. The molecule has 10 nitrogen and oxygen atoms in total. The third-order valence-corrected chi connectivity index (χ3v) is 6.03. The Balaban J connectivity index is 1.56. The fourth-order valence-electron chi connectivity index (χ4n) is 2.94. The lowest BCUT2D eigenvalue weighted by Crippen LogP contribution is -2.41. The van der Waals surface area contributed by atoms with Crippen molar-refractivity contribution in [3.63, 3.8) is 0 Å². The zero-order valence-corrected chi connectivity index (χ0v) is 18.0. The molecule has 0 aliphatic carbocycles. The molecule has 1 aliphatic heterocycles. The highest BCUT2D eigenvalue weighted by Crippen LogP contribution is 2.05. The van der Waals surface area contributed by atoms with E-state index in [1.54, 1.807) is 24.5 Å². The van der Waals surface area contributed by atoms with E-state index < -0.39 is 10.0 Å². The van der Waals surface area contributed by atoms with Gasteiger partial charge in [-0.25, -0.2) is 13.1 Å². The van der Waals surface area contributed by atoms with Gasteiger partial charge in [0.05, 0.1) is 19.0 Å². The van der Waals surface area contributed by atoms with Gasteiger partial charge < -0.3 is 10.1 Å². The van der Waals surface area contributed by atoms with E-state index in [1.807, 2.05) is 6.19 Å². The van der Waals surface area contributed by atoms with E-state index in [-0.39, 0.29) is 5.75 Å². The van der Waals surface area contributed by atoms with Crippen molar-refractivity contribution in [1.82, 2.24) is 19.9 Å². The summed E-state index contributed by atoms with van der Waals surface area (Å²) in [6.45, 7) is 4.84. The average Bonchev–Trinajstić information content (AvgIpc) is 2.74. The van der Waals surface area contributed by atoms with E-state index in [0.717, 1.165) is 38.0 Å². The standard InChI is InChI=1S/C19H31N7O3S/c20-17-23-19(25-18-5-8-21-9-6-18)22-7-3-1-2-4-16-30(27,28)24-10-11-26-12-14-29-15-13-26/h5-6,8-9,24H,1-4,7,10-16H2,(H2,21,22,23,25). The fourth-order valence-corrected chi connectivity index (χ4v) is 4.07. The van der Waals surface area contributed by atoms with E-state index in [9.17, 15) is 8.42 Å². The number of aromatic nitrogens is 1. The number of hydrogen-bond acceptors (Lipinski definition) is 7. The lowest BCUT2D eigenvalue weighted by molar-refractivity contribution is 0.0390. The molecule has 11 heteroatoms. The molecule has 1 aromatic rings. The van der Waals surface area contributed by atoms with Crippen molar-refractivity contribution in [2.24, 2.45) is 4.99 Å². The third kappa shape index (κ3) is 10.5. The summed E-state index contributed by atoms with van der Waals surface area (Å²) in [5, 5.41) is 14.4. The first kappa shape index (κ1) is 24.0. The van der Waals surface area contributed by atoms with Crippen molar-refractivity contribution in [2.45, 2.75) is 25.7 Å². The van der Waals surface area contributed by atoms with Crippen LogP contribution >= 0.6 is 0 Å². The zero-order valence-electron chi connectivity index (χ0n) is 17.2. The second kappa shape index (κ2) is 13.9. The summed E-state index contributed by atoms with van der Waals surface area (Å²) in [7, 11) is -3.23. The molecule has 0 radical (unpaired) electrons. The highest BCUT2D eigenvalue weighted by molar-refractivity contribution is 7.89. The Kier molecular flexibility index (Phi) is 11.1. The Morgan fingerprint density at radius 2 is 1.93 bits per heavy atom. The maximum atomic E-state index is 12.1. The molecule has 0 amide bonds. The molecular formula is C19H31N7O3S. The summed E-state index contributed by atoms with van der Waals surface area (Å²) in [6, 6.07) is 3.56. The topological polar surface area (TPSA) is 132 Å². The number of anilines is 1. The number of sulfonamides is 1. The Morgan fingerprint density at radius 1 is 1.20 bits per heavy atom. The number of rotatable bonds is 12. The molecule has 30 heavy (non-hydrogen) atoms. The molecule has 0 spiro atoms. The van der Waals surface area contributed by atoms with Gasteiger partial charge in [-0.15, -0.1) is 0 Å². The molecule has 0 saturated carbocycles. The van der Waals surface area contributed by atoms with Crippen LogP contribution in [0.5, 0.6) is 0 Å². The molecule has 1 fully saturated rings. The monoisotopic (exact) mass is 437 g/mol. The first-order valence-electron chi connectivity index (χ1n) is 10.2. The van der Waals surface area contributed by atoms with E-state index in [4.69, 9.17) is 10.00 Å². The minimum atomic E-state index is -3.23. The number of ether oxygens (including phenoxy) is 1. The third-order valence-electron chi connectivity index (χ3n) is 4.56. The highest BCUT2D eigenvalue weighted by atomic mass is 32.2. The van der Waals surface area contributed by atoms with Gasteiger partial charge in [-0.1, -0.05) is 12.8 Å². The molecule has 1 aliphatic rings. The largest absolute Gasteiger partial charge is 0.379 e. The van der Waals surface area contributed by atoms with E-state index in [0.29, 0.717) is 45.2 Å². The Morgan fingerprint density at radius 3 is 2.67 bits per heavy atom. The number of nitrogens with one attached hydrogen (secondary N) is 3. The summed E-state index contributed by atoms with van der Waals surface area (Å²) >= 11 is 0. The van der Waals surface area contributed by atoms with Gasteiger partial charge in [0.15, 0.2) is 6.19 Å². The molecule has 2 rings (SSSR count). The van der Waals surface area contributed by atoms with Crippen molar-refractivity contribution in [3.8, 4) is 6.19 Å². The quantitative estimate of drug-likeness (QED) is 0.143. The number of hydrogen-bond donors (Lipinski definition) is 3. The summed E-state index contributed by atoms with van der Waals surface area (Å²) in [4.78, 5) is 10.5. The number of nitrogens with zero attached hydrogens (tertiary/aromatic N) is 4. The smallest absolute Gasteiger partial charge is 0.211 e. The second-order valence-electron chi connectivity index (χ2n) is 6.91. The van der Waals surface area contributed by atoms with E-state index in [2.05, 4.69) is 30.2 Å². The molecule has 0 aromatic carbocycles. The number of morpholine rings is 1. The van der Waals surface area contributed by atoms with Gasteiger partial charge in [0, 0.05) is 50.8 Å². The zero-order chi connectivity index (χ0) is 21.5. The molecular weight excluding hydrogens is 406 g/mol. The number of pyridine rings is 1. The Bertz CT molecular complexity index is 775. The summed E-state index contributed by atoms with van der Waals surface area (Å²) in [5.41, 5.74) is 0.790. The van der Waals surface area contributed by atoms with Crippen LogP contribution in [0.4, 0.5) is 5.69 Å². The van der Waals surface area contributed by atoms with E-state index in [1.165, 1.54) is 0 Å². The molecule has 2 heterocycles. The van der Waals surface area contributed by atoms with Crippen LogP contribution in [-0.2, 0) is 14.8 Å². The first-order chi connectivity index (χ1) is 14.6. The van der Waals surface area contributed by atoms with Gasteiger partial charge in [0.1, 0.15) is 0 Å². The summed E-state index contributed by atoms with van der Waals surface area (Å²) in [6.07, 6.45) is 8.30. The molecule has 3 N–H and O–H groups in total. The van der Waals surface area contributed by atoms with Crippen LogP contribution < -0.4 is 15.4 Å². The van der Waals surface area contributed by atoms with Crippen molar-refractivity contribution in [2.75, 3.05) is 57.0 Å². The summed E-state index contributed by atoms with van der Waals surface area (Å²) in [5.74, 6) is 0.528. The van der Waals surface area contributed by atoms with Gasteiger partial charge in [0.2, 0.25) is 16.0 Å². The molecule has 1 aromatic heterocycles. The van der Waals surface area contributed by atoms with Crippen LogP contribution in [0.25, 0.3) is 0 Å². The van der Waals surface area contributed by atoms with Gasteiger partial charge in [-0.2, -0.15) is 5.26 Å².